The van der Waals surface area contributed by atoms with Gasteiger partial charge in [-0.05, 0) is 42.4 Å². The van der Waals surface area contributed by atoms with Crippen LogP contribution in [0.25, 0.3) is 10.9 Å². The molecule has 2 aromatic heterocycles. The lowest BCUT2D eigenvalue weighted by Crippen LogP contribution is -2.14. The summed E-state index contributed by atoms with van der Waals surface area (Å²) in [6.45, 7) is 4.01. The predicted octanol–water partition coefficient (Wildman–Crippen LogP) is 3.74. The van der Waals surface area contributed by atoms with Gasteiger partial charge in [-0.2, -0.15) is 0 Å². The molecule has 0 fully saturated rings. The molecule has 0 aliphatic carbocycles. The van der Waals surface area contributed by atoms with E-state index in [0.29, 0.717) is 0 Å². The van der Waals surface area contributed by atoms with Crippen molar-refractivity contribution in [1.82, 2.24) is 20.5 Å². The highest BCUT2D eigenvalue weighted by Gasteiger charge is 2.10. The molecule has 0 unspecified atom stereocenters. The summed E-state index contributed by atoms with van der Waals surface area (Å²) in [5, 5.41) is 13.6. The summed E-state index contributed by atoms with van der Waals surface area (Å²) in [6.07, 6.45) is 1.12. The van der Waals surface area contributed by atoms with E-state index in [-0.39, 0.29) is 0 Å². The maximum absolute atomic E-state index is 4.79. The molecule has 6 heteroatoms. The van der Waals surface area contributed by atoms with Gasteiger partial charge >= 0.3 is 0 Å². The predicted molar refractivity (Wildman–Crippen MR) is 87.8 cm³/mol. The molecule has 108 valence electrons. The summed E-state index contributed by atoms with van der Waals surface area (Å²) in [5.41, 5.74) is 3.98. The van der Waals surface area contributed by atoms with Crippen LogP contribution in [0.5, 0.6) is 0 Å². The molecule has 1 N–H and O–H groups in total. The smallest absolute Gasteiger partial charge is 0.180 e. The van der Waals surface area contributed by atoms with Crippen LogP contribution in [0.4, 0.5) is 0 Å². The number of rotatable bonds is 6. The Morgan fingerprint density at radius 2 is 2.19 bits per heavy atom. The lowest BCUT2D eigenvalue weighted by atomic mass is 10.1. The Kier molecular flexibility index (Phi) is 4.80. The molecule has 0 aliphatic rings. The summed E-state index contributed by atoms with van der Waals surface area (Å²) < 4.78 is 0.925. The Hall–Kier alpha value is -1.50. The molecule has 3 rings (SSSR count). The monoisotopic (exact) mass is 316 g/mol. The molecule has 2 heterocycles. The number of hydrogen-bond acceptors (Lipinski definition) is 6. The van der Waals surface area contributed by atoms with Crippen LogP contribution < -0.4 is 5.32 Å². The van der Waals surface area contributed by atoms with Crippen molar-refractivity contribution < 1.29 is 0 Å². The highest BCUT2D eigenvalue weighted by molar-refractivity contribution is 8.01. The molecular weight excluding hydrogens is 300 g/mol. The second kappa shape index (κ2) is 6.98. The third kappa shape index (κ3) is 3.58. The molecule has 3 aromatic rings. The van der Waals surface area contributed by atoms with Crippen molar-refractivity contribution in [3.63, 3.8) is 0 Å². The van der Waals surface area contributed by atoms with Gasteiger partial charge in [-0.3, -0.25) is 0 Å². The van der Waals surface area contributed by atoms with Crippen molar-refractivity contribution in [2.45, 2.75) is 29.3 Å². The fraction of sp³-hybridized carbons (Fsp3) is 0.267. The Balaban J connectivity index is 1.95. The maximum Gasteiger partial charge on any atom is 0.180 e. The first-order chi connectivity index (χ1) is 10.4. The Labute approximate surface area is 132 Å². The van der Waals surface area contributed by atoms with Crippen molar-refractivity contribution in [2.24, 2.45) is 0 Å². The highest BCUT2D eigenvalue weighted by atomic mass is 32.2. The number of hydrogen-bond donors (Lipinski definition) is 1. The van der Waals surface area contributed by atoms with Gasteiger partial charge in [0.1, 0.15) is 10.5 Å². The van der Waals surface area contributed by atoms with Crippen molar-refractivity contribution in [3.05, 3.63) is 41.4 Å². The molecule has 0 spiro atoms. The van der Waals surface area contributed by atoms with Crippen LogP contribution >= 0.6 is 23.1 Å². The van der Waals surface area contributed by atoms with Gasteiger partial charge < -0.3 is 5.32 Å². The van der Waals surface area contributed by atoms with Gasteiger partial charge in [0, 0.05) is 11.9 Å². The second-order valence-electron chi connectivity index (χ2n) is 4.63. The van der Waals surface area contributed by atoms with Crippen molar-refractivity contribution in [2.75, 3.05) is 6.54 Å². The first kappa shape index (κ1) is 14.4. The van der Waals surface area contributed by atoms with Crippen LogP contribution in [0, 0.1) is 0 Å². The second-order valence-corrected chi connectivity index (χ2v) is 6.70. The summed E-state index contributed by atoms with van der Waals surface area (Å²) >= 11 is 3.13. The van der Waals surface area contributed by atoms with Crippen LogP contribution in [-0.2, 0) is 6.54 Å². The third-order valence-electron chi connectivity index (χ3n) is 3.03. The summed E-state index contributed by atoms with van der Waals surface area (Å²) in [6, 6.07) is 10.4. The van der Waals surface area contributed by atoms with E-state index in [9.17, 15) is 0 Å². The minimum Gasteiger partial charge on any atom is -0.313 e. The topological polar surface area (TPSA) is 50.7 Å². The van der Waals surface area contributed by atoms with Crippen molar-refractivity contribution in [3.8, 4) is 0 Å². The normalized spacial score (nSPS) is 11.1. The number of pyridine rings is 1. The molecule has 0 saturated heterocycles. The molecule has 1 aromatic carbocycles. The standard InChI is InChI=1S/C15H16N4S2/c1-2-7-16-9-12-8-11-5-3-4-6-13(11)18-14(12)21-15-19-17-10-20-15/h3-6,8,10,16H,2,7,9H2,1H3. The molecule has 0 saturated carbocycles. The number of para-hydroxylation sites is 1. The molecule has 21 heavy (non-hydrogen) atoms. The molecule has 0 bridgehead atoms. The molecule has 0 radical (unpaired) electrons. The lowest BCUT2D eigenvalue weighted by Gasteiger charge is -2.10. The molecule has 0 aliphatic heterocycles. The summed E-state index contributed by atoms with van der Waals surface area (Å²) in [5.74, 6) is 0. The van der Waals surface area contributed by atoms with E-state index in [2.05, 4.69) is 34.6 Å². The number of nitrogens with one attached hydrogen (secondary N) is 1. The zero-order valence-corrected chi connectivity index (χ0v) is 13.4. The van der Waals surface area contributed by atoms with Crippen molar-refractivity contribution in [1.29, 1.82) is 0 Å². The summed E-state index contributed by atoms with van der Waals surface area (Å²) in [4.78, 5) is 4.79. The maximum atomic E-state index is 4.79. The van der Waals surface area contributed by atoms with Gasteiger partial charge in [0.15, 0.2) is 4.34 Å². The average molecular weight is 316 g/mol. The van der Waals surface area contributed by atoms with Crippen molar-refractivity contribution >= 4 is 34.0 Å². The zero-order chi connectivity index (χ0) is 14.5. The lowest BCUT2D eigenvalue weighted by molar-refractivity contribution is 0.666. The van der Waals surface area contributed by atoms with E-state index in [4.69, 9.17) is 4.98 Å². The Morgan fingerprint density at radius 3 is 3.00 bits per heavy atom. The van der Waals surface area contributed by atoms with Crippen LogP contribution in [-0.4, -0.2) is 21.7 Å². The highest BCUT2D eigenvalue weighted by Crippen LogP contribution is 2.31. The fourth-order valence-corrected chi connectivity index (χ4v) is 3.54. The van der Waals surface area contributed by atoms with E-state index in [1.807, 2.05) is 18.2 Å². The quantitative estimate of drug-likeness (QED) is 0.702. The van der Waals surface area contributed by atoms with Gasteiger partial charge in [-0.15, -0.1) is 10.2 Å². The van der Waals surface area contributed by atoms with Gasteiger partial charge in [0.2, 0.25) is 0 Å². The van der Waals surface area contributed by atoms with E-state index < -0.39 is 0 Å². The summed E-state index contributed by atoms with van der Waals surface area (Å²) in [7, 11) is 0. The van der Waals surface area contributed by atoms with Crippen LogP contribution in [0.1, 0.15) is 18.9 Å². The zero-order valence-electron chi connectivity index (χ0n) is 11.7. The average Bonchev–Trinajstić information content (AvgIpc) is 3.01. The largest absolute Gasteiger partial charge is 0.313 e. The number of benzene rings is 1. The van der Waals surface area contributed by atoms with Crippen LogP contribution in [0.15, 0.2) is 45.2 Å². The van der Waals surface area contributed by atoms with Gasteiger partial charge in [-0.1, -0.05) is 36.5 Å². The first-order valence-corrected chi connectivity index (χ1v) is 8.60. The number of nitrogens with zero attached hydrogens (tertiary/aromatic N) is 3. The molecule has 0 amide bonds. The molecule has 4 nitrogen and oxygen atoms in total. The van der Waals surface area contributed by atoms with E-state index in [1.165, 1.54) is 10.9 Å². The fourth-order valence-electron chi connectivity index (χ4n) is 2.05. The Morgan fingerprint density at radius 1 is 1.29 bits per heavy atom. The van der Waals surface area contributed by atoms with Crippen LogP contribution in [0.2, 0.25) is 0 Å². The first-order valence-electron chi connectivity index (χ1n) is 6.90. The minimum atomic E-state index is 0.826. The van der Waals surface area contributed by atoms with Gasteiger partial charge in [0.05, 0.1) is 5.52 Å². The van der Waals surface area contributed by atoms with Gasteiger partial charge in [-0.25, -0.2) is 4.98 Å². The van der Waals surface area contributed by atoms with Crippen LogP contribution in [0.3, 0.4) is 0 Å². The molecule has 0 atom stereocenters. The van der Waals surface area contributed by atoms with E-state index >= 15 is 0 Å². The van der Waals surface area contributed by atoms with E-state index in [1.54, 1.807) is 28.6 Å². The number of aromatic nitrogens is 3. The minimum absolute atomic E-state index is 0.826. The molecular formula is C15H16N4S2. The Bertz CT molecular complexity index is 713. The van der Waals surface area contributed by atoms with E-state index in [0.717, 1.165) is 34.4 Å². The van der Waals surface area contributed by atoms with Gasteiger partial charge in [0.25, 0.3) is 0 Å². The third-order valence-corrected chi connectivity index (χ3v) is 4.85. The SMILES string of the molecule is CCCNCc1cc2ccccc2nc1Sc1nncs1. The number of fused-ring (bicyclic) bond motifs is 1.